The number of benzene rings is 1. The standard InChI is InChI=1S/C14H19N3O4/c1-9-16-13(21-17-9)4-5-15-8-10-6-11(19-2)14(18)12(7-10)20-3/h6-7,15,18H,4-5,8H2,1-3H3. The number of phenolic OH excluding ortho intramolecular Hbond substituents is 1. The summed E-state index contributed by atoms with van der Waals surface area (Å²) in [7, 11) is 3.01. The van der Waals surface area contributed by atoms with Crippen LogP contribution in [0.2, 0.25) is 0 Å². The molecule has 1 aromatic carbocycles. The molecule has 2 aromatic rings. The minimum absolute atomic E-state index is 0.00471. The molecule has 7 heteroatoms. The Kier molecular flexibility index (Phi) is 4.99. The molecule has 1 heterocycles. The summed E-state index contributed by atoms with van der Waals surface area (Å²) in [4.78, 5) is 4.13. The van der Waals surface area contributed by atoms with E-state index in [1.54, 1.807) is 19.1 Å². The monoisotopic (exact) mass is 293 g/mol. The number of aromatic hydroxyl groups is 1. The number of rotatable bonds is 7. The maximum absolute atomic E-state index is 9.84. The number of nitrogens with one attached hydrogen (secondary N) is 1. The molecule has 1 aromatic heterocycles. The van der Waals surface area contributed by atoms with Crippen LogP contribution >= 0.6 is 0 Å². The lowest BCUT2D eigenvalue weighted by atomic mass is 10.2. The molecule has 0 amide bonds. The number of nitrogens with zero attached hydrogens (tertiary/aromatic N) is 2. The second-order valence-electron chi connectivity index (χ2n) is 4.51. The van der Waals surface area contributed by atoms with Gasteiger partial charge in [0.1, 0.15) is 0 Å². The minimum Gasteiger partial charge on any atom is -0.502 e. The third-order valence-electron chi connectivity index (χ3n) is 2.95. The van der Waals surface area contributed by atoms with Crippen LogP contribution in [0.3, 0.4) is 0 Å². The van der Waals surface area contributed by atoms with E-state index < -0.39 is 0 Å². The van der Waals surface area contributed by atoms with Crippen molar-refractivity contribution in [2.45, 2.75) is 19.9 Å². The van der Waals surface area contributed by atoms with E-state index in [9.17, 15) is 5.11 Å². The number of aryl methyl sites for hydroxylation is 1. The number of phenols is 1. The van der Waals surface area contributed by atoms with Crippen molar-refractivity contribution in [3.05, 3.63) is 29.4 Å². The van der Waals surface area contributed by atoms with Gasteiger partial charge in [0.25, 0.3) is 0 Å². The van der Waals surface area contributed by atoms with Crippen molar-refractivity contribution in [3.8, 4) is 17.2 Å². The summed E-state index contributed by atoms with van der Waals surface area (Å²) in [5.74, 6) is 2.03. The molecule has 21 heavy (non-hydrogen) atoms. The molecule has 0 unspecified atom stereocenters. The molecule has 7 nitrogen and oxygen atoms in total. The quantitative estimate of drug-likeness (QED) is 0.746. The van der Waals surface area contributed by atoms with Gasteiger partial charge in [-0.15, -0.1) is 0 Å². The maximum atomic E-state index is 9.84. The third-order valence-corrected chi connectivity index (χ3v) is 2.95. The molecule has 0 bridgehead atoms. The molecule has 0 aliphatic carbocycles. The van der Waals surface area contributed by atoms with Crippen LogP contribution in [-0.2, 0) is 13.0 Å². The van der Waals surface area contributed by atoms with Gasteiger partial charge in [-0.1, -0.05) is 5.16 Å². The summed E-state index contributed by atoms with van der Waals surface area (Å²) in [5.41, 5.74) is 0.947. The van der Waals surface area contributed by atoms with Gasteiger partial charge in [-0.3, -0.25) is 0 Å². The first-order valence-electron chi connectivity index (χ1n) is 6.57. The molecule has 2 rings (SSSR count). The highest BCUT2D eigenvalue weighted by atomic mass is 16.5. The first-order valence-corrected chi connectivity index (χ1v) is 6.57. The Balaban J connectivity index is 1.90. The van der Waals surface area contributed by atoms with Crippen LogP contribution in [0.25, 0.3) is 0 Å². The van der Waals surface area contributed by atoms with Crippen molar-refractivity contribution in [2.24, 2.45) is 0 Å². The summed E-state index contributed by atoms with van der Waals surface area (Å²) in [6.07, 6.45) is 0.660. The second-order valence-corrected chi connectivity index (χ2v) is 4.51. The Morgan fingerprint density at radius 3 is 2.43 bits per heavy atom. The molecule has 0 fully saturated rings. The first-order chi connectivity index (χ1) is 10.1. The van der Waals surface area contributed by atoms with E-state index >= 15 is 0 Å². The van der Waals surface area contributed by atoms with Gasteiger partial charge in [0.05, 0.1) is 14.2 Å². The zero-order chi connectivity index (χ0) is 15.2. The SMILES string of the molecule is COc1cc(CNCCc2nc(C)no2)cc(OC)c1O. The molecule has 2 N–H and O–H groups in total. The van der Waals surface area contributed by atoms with Gasteiger partial charge >= 0.3 is 0 Å². The van der Waals surface area contributed by atoms with E-state index in [0.29, 0.717) is 42.7 Å². The lowest BCUT2D eigenvalue weighted by Gasteiger charge is -2.11. The largest absolute Gasteiger partial charge is 0.502 e. The van der Waals surface area contributed by atoms with E-state index in [0.717, 1.165) is 5.56 Å². The predicted molar refractivity (Wildman–Crippen MR) is 75.7 cm³/mol. The van der Waals surface area contributed by atoms with Gasteiger partial charge in [0, 0.05) is 19.5 Å². The Bertz CT molecular complexity index is 573. The summed E-state index contributed by atoms with van der Waals surface area (Å²) < 4.78 is 15.3. The van der Waals surface area contributed by atoms with Gasteiger partial charge in [-0.2, -0.15) is 4.98 Å². The summed E-state index contributed by atoms with van der Waals surface area (Å²) in [5, 5.41) is 16.8. The molecule has 0 saturated carbocycles. The van der Waals surface area contributed by atoms with Crippen LogP contribution < -0.4 is 14.8 Å². The minimum atomic E-state index is 0.00471. The fourth-order valence-corrected chi connectivity index (χ4v) is 1.92. The predicted octanol–water partition coefficient (Wildman–Crippen LogP) is 1.43. The molecule has 114 valence electrons. The van der Waals surface area contributed by atoms with Crippen molar-refractivity contribution >= 4 is 0 Å². The fourth-order valence-electron chi connectivity index (χ4n) is 1.92. The van der Waals surface area contributed by atoms with E-state index in [1.807, 2.05) is 0 Å². The highest BCUT2D eigenvalue weighted by Crippen LogP contribution is 2.36. The topological polar surface area (TPSA) is 89.6 Å². The molecule has 0 spiro atoms. The molecule has 0 aliphatic rings. The normalized spacial score (nSPS) is 10.6. The molecule has 0 saturated heterocycles. The number of ether oxygens (including phenoxy) is 2. The van der Waals surface area contributed by atoms with Crippen molar-refractivity contribution in [3.63, 3.8) is 0 Å². The highest BCUT2D eigenvalue weighted by Gasteiger charge is 2.11. The van der Waals surface area contributed by atoms with Crippen LogP contribution in [0.15, 0.2) is 16.7 Å². The van der Waals surface area contributed by atoms with Crippen LogP contribution in [0, 0.1) is 6.92 Å². The molecular weight excluding hydrogens is 274 g/mol. The van der Waals surface area contributed by atoms with Gasteiger partial charge in [-0.25, -0.2) is 0 Å². The summed E-state index contributed by atoms with van der Waals surface area (Å²) >= 11 is 0. The zero-order valence-electron chi connectivity index (χ0n) is 12.3. The smallest absolute Gasteiger partial charge is 0.227 e. The number of aromatic nitrogens is 2. The number of methoxy groups -OCH3 is 2. The van der Waals surface area contributed by atoms with E-state index in [4.69, 9.17) is 14.0 Å². The van der Waals surface area contributed by atoms with Gasteiger partial charge in [-0.05, 0) is 24.6 Å². The Hall–Kier alpha value is -2.28. The van der Waals surface area contributed by atoms with Crippen molar-refractivity contribution in [2.75, 3.05) is 20.8 Å². The number of hydrogen-bond acceptors (Lipinski definition) is 7. The van der Waals surface area contributed by atoms with Crippen molar-refractivity contribution < 1.29 is 19.1 Å². The summed E-state index contributed by atoms with van der Waals surface area (Å²) in [6, 6.07) is 3.53. The maximum Gasteiger partial charge on any atom is 0.227 e. The lowest BCUT2D eigenvalue weighted by Crippen LogP contribution is -2.17. The van der Waals surface area contributed by atoms with E-state index in [-0.39, 0.29) is 5.75 Å². The van der Waals surface area contributed by atoms with Crippen LogP contribution in [-0.4, -0.2) is 36.0 Å². The average Bonchev–Trinajstić information content (AvgIpc) is 2.90. The molecule has 0 radical (unpaired) electrons. The molecular formula is C14H19N3O4. The van der Waals surface area contributed by atoms with Crippen LogP contribution in [0.5, 0.6) is 17.2 Å². The van der Waals surface area contributed by atoms with Gasteiger partial charge in [0.15, 0.2) is 17.3 Å². The Morgan fingerprint density at radius 1 is 1.24 bits per heavy atom. The third kappa shape index (κ3) is 3.85. The van der Waals surface area contributed by atoms with E-state index in [2.05, 4.69) is 15.5 Å². The van der Waals surface area contributed by atoms with Gasteiger partial charge < -0.3 is 24.4 Å². The molecule has 0 aliphatic heterocycles. The summed E-state index contributed by atoms with van der Waals surface area (Å²) in [6.45, 7) is 3.10. The highest BCUT2D eigenvalue weighted by molar-refractivity contribution is 5.52. The van der Waals surface area contributed by atoms with Crippen molar-refractivity contribution in [1.29, 1.82) is 0 Å². The number of hydrogen-bond donors (Lipinski definition) is 2. The van der Waals surface area contributed by atoms with Crippen molar-refractivity contribution in [1.82, 2.24) is 15.5 Å². The first kappa shape index (κ1) is 15.1. The van der Waals surface area contributed by atoms with Gasteiger partial charge in [0.2, 0.25) is 11.6 Å². The molecule has 0 atom stereocenters. The average molecular weight is 293 g/mol. The van der Waals surface area contributed by atoms with Crippen LogP contribution in [0.1, 0.15) is 17.3 Å². The Labute approximate surface area is 122 Å². The van der Waals surface area contributed by atoms with Crippen LogP contribution in [0.4, 0.5) is 0 Å². The fraction of sp³-hybridized carbons (Fsp3) is 0.429. The Morgan fingerprint density at radius 2 is 1.90 bits per heavy atom. The second kappa shape index (κ2) is 6.94. The van der Waals surface area contributed by atoms with E-state index in [1.165, 1.54) is 14.2 Å². The zero-order valence-corrected chi connectivity index (χ0v) is 12.3. The lowest BCUT2D eigenvalue weighted by molar-refractivity contribution is 0.339.